The molecular weight excluding hydrogens is 1260 g/mol. The molecule has 105 heavy (non-hydrogen) atoms. The lowest BCUT2D eigenvalue weighted by molar-refractivity contribution is -0.104. The van der Waals surface area contributed by atoms with Crippen molar-refractivity contribution < 1.29 is 0 Å². The molecule has 0 heterocycles. The van der Waals surface area contributed by atoms with Crippen LogP contribution < -0.4 is 0 Å². The van der Waals surface area contributed by atoms with E-state index in [0.29, 0.717) is 43.3 Å². The van der Waals surface area contributed by atoms with Crippen LogP contribution >= 0.6 is 0 Å². The Hall–Kier alpha value is -3.12. The lowest BCUT2D eigenvalue weighted by Crippen LogP contribution is -2.51. The topological polar surface area (TPSA) is 0 Å². The highest BCUT2D eigenvalue weighted by atomic mass is 14.6. The van der Waals surface area contributed by atoms with Crippen LogP contribution in [0.1, 0.15) is 402 Å². The van der Waals surface area contributed by atoms with Crippen LogP contribution in [-0.2, 0) is 10.8 Å². The third kappa shape index (κ3) is 14.0. The maximum Gasteiger partial charge on any atom is 0.0235 e. The van der Waals surface area contributed by atoms with Gasteiger partial charge in [-0.1, -0.05) is 323 Å². The minimum atomic E-state index is 0.0974. The van der Waals surface area contributed by atoms with Crippen LogP contribution in [0.4, 0.5) is 0 Å². The van der Waals surface area contributed by atoms with Crippen LogP contribution in [0, 0.1) is 123 Å². The lowest BCUT2D eigenvalue weighted by Gasteiger charge is -2.60. The molecule has 0 aromatic heterocycles. The van der Waals surface area contributed by atoms with Gasteiger partial charge in [0, 0.05) is 10.8 Å². The molecule has 0 spiro atoms. The maximum atomic E-state index is 2.53. The fourth-order valence-electron chi connectivity index (χ4n) is 27.4. The van der Waals surface area contributed by atoms with Gasteiger partial charge in [0.1, 0.15) is 0 Å². The van der Waals surface area contributed by atoms with Crippen molar-refractivity contribution in [1.82, 2.24) is 0 Å². The van der Waals surface area contributed by atoms with Gasteiger partial charge >= 0.3 is 0 Å². The second kappa shape index (κ2) is 29.1. The minimum absolute atomic E-state index is 0.0974. The van der Waals surface area contributed by atoms with Gasteiger partial charge in [-0.3, -0.25) is 0 Å². The van der Waals surface area contributed by atoms with Crippen molar-refractivity contribution in [2.24, 2.45) is 123 Å². The summed E-state index contributed by atoms with van der Waals surface area (Å²) in [6.45, 7) is 68.7. The molecule has 0 nitrogen and oxygen atoms in total. The van der Waals surface area contributed by atoms with E-state index in [4.69, 9.17) is 0 Å². The first-order valence-corrected chi connectivity index (χ1v) is 45.0. The molecule has 586 valence electrons. The van der Waals surface area contributed by atoms with Crippen LogP contribution in [0.15, 0.2) is 97.1 Å². The molecule has 22 rings (SSSR count). The van der Waals surface area contributed by atoms with E-state index in [1.54, 1.807) is 0 Å². The second-order valence-corrected chi connectivity index (χ2v) is 46.9. The SMILES string of the molecule is CC(C)(C)C1(C)c2ccccc2-c2ccccc21.CC(C)(C)C1(C)c2ccccc2-c2ccccc21.CC1(C)C2CCC(CC2)C1(C)C.CC1(C)C2CCC(CC2)C1(C)C.CC1(C)C2CCC(CC2)C1(C)C.CC1(C)C2CCC(CC2)C1(C)C.CC12CCCC1(C)CCC2.C[C@@]12CCCC[C@]1(C)CCC2. The molecule has 18 aliphatic carbocycles. The van der Waals surface area contributed by atoms with E-state index < -0.39 is 0 Å². The zero-order valence-electron chi connectivity index (χ0n) is 74.4. The smallest absolute Gasteiger partial charge is 0.0235 e. The Kier molecular flexibility index (Phi) is 23.0. The Morgan fingerprint density at radius 2 is 0.333 bits per heavy atom. The van der Waals surface area contributed by atoms with Crippen LogP contribution in [0.5, 0.6) is 0 Å². The summed E-state index contributed by atoms with van der Waals surface area (Å²) in [7, 11) is 0. The van der Waals surface area contributed by atoms with Gasteiger partial charge in [0.25, 0.3) is 0 Å². The van der Waals surface area contributed by atoms with E-state index in [9.17, 15) is 0 Å². The number of fused-ring (bicyclic) bond motifs is 20. The number of hydrogen-bond acceptors (Lipinski definition) is 0. The van der Waals surface area contributed by atoms with Crippen molar-refractivity contribution in [2.75, 3.05) is 0 Å². The average Bonchev–Trinajstić information content (AvgIpc) is 1.54. The van der Waals surface area contributed by atoms with E-state index in [0.717, 1.165) is 69.0 Å². The Morgan fingerprint density at radius 3 is 0.467 bits per heavy atom. The van der Waals surface area contributed by atoms with Crippen LogP contribution in [0.2, 0.25) is 0 Å². The molecule has 4 aromatic carbocycles. The van der Waals surface area contributed by atoms with Gasteiger partial charge in [0.15, 0.2) is 0 Å². The molecule has 2 atom stereocenters. The summed E-state index contributed by atoms with van der Waals surface area (Å²) in [6, 6.07) is 35.4. The van der Waals surface area contributed by atoms with E-state index in [1.165, 1.54) is 231 Å². The molecule has 4 aromatic rings. The van der Waals surface area contributed by atoms with Crippen molar-refractivity contribution in [3.05, 3.63) is 119 Å². The van der Waals surface area contributed by atoms with Gasteiger partial charge in [-0.05, 0) is 322 Å². The maximum absolute atomic E-state index is 2.53. The molecular formula is C105H166. The highest BCUT2D eigenvalue weighted by molar-refractivity contribution is 5.82. The number of benzene rings is 4. The molecule has 0 amide bonds. The van der Waals surface area contributed by atoms with Crippen molar-refractivity contribution in [3.63, 3.8) is 0 Å². The second-order valence-electron chi connectivity index (χ2n) is 46.9. The molecule has 0 N–H and O–H groups in total. The summed E-state index contributed by atoms with van der Waals surface area (Å²) in [4.78, 5) is 0. The number of hydrogen-bond donors (Lipinski definition) is 0. The first-order chi connectivity index (χ1) is 48.6. The van der Waals surface area contributed by atoms with Crippen LogP contribution in [0.3, 0.4) is 0 Å². The van der Waals surface area contributed by atoms with Crippen molar-refractivity contribution in [3.8, 4) is 22.3 Å². The Labute approximate surface area is 651 Å². The van der Waals surface area contributed by atoms with Gasteiger partial charge < -0.3 is 0 Å². The largest absolute Gasteiger partial charge is 0.0619 e. The summed E-state index contributed by atoms with van der Waals surface area (Å²) in [6.07, 6.45) is 43.5. The molecule has 18 aliphatic rings. The standard InChI is InChI=1S/2C18H20.4C12H22.C11H20.C10H18/c2*1-17(2,3)18(4)15-11-7-5-9-13(15)14-10-6-8-12-16(14)18;4*1-11(2)9-5-7-10(8-6-9)12(11,3)4;1-10-6-3-4-7-11(10,2)9-5-8-10;1-9-5-3-7-10(9,2)8-4-6-9/h2*5-12H,1-4H3;4*9-10H,5-8H2,1-4H3;3-9H2,1-2H3;3-8H2,1-2H3/t;;;;;;10-,11+;. The van der Waals surface area contributed by atoms with E-state index in [-0.39, 0.29) is 21.7 Å². The molecule has 0 heteroatoms. The molecule has 16 fully saturated rings. The number of rotatable bonds is 0. The highest BCUT2D eigenvalue weighted by Crippen LogP contribution is 2.68. The van der Waals surface area contributed by atoms with Crippen molar-refractivity contribution >= 4 is 0 Å². The quantitative estimate of drug-likeness (QED) is 0.165. The van der Waals surface area contributed by atoms with Gasteiger partial charge in [-0.2, -0.15) is 0 Å². The van der Waals surface area contributed by atoms with Gasteiger partial charge in [-0.25, -0.2) is 0 Å². The molecule has 8 bridgehead atoms. The Bertz CT molecular complexity index is 3060. The molecule has 0 aliphatic heterocycles. The molecule has 16 saturated carbocycles. The van der Waals surface area contributed by atoms with E-state index in [1.807, 2.05) is 0 Å². The average molecular weight is 1430 g/mol. The lowest BCUT2D eigenvalue weighted by atomic mass is 9.45. The van der Waals surface area contributed by atoms with Crippen molar-refractivity contribution in [1.29, 1.82) is 0 Å². The van der Waals surface area contributed by atoms with Crippen molar-refractivity contribution in [2.45, 2.75) is 391 Å². The van der Waals surface area contributed by atoms with E-state index >= 15 is 0 Å². The normalized spacial score (nSPS) is 35.6. The first kappa shape index (κ1) is 82.8. The predicted molar refractivity (Wildman–Crippen MR) is 460 cm³/mol. The Balaban J connectivity index is 0.000000121. The molecule has 0 radical (unpaired) electrons. The van der Waals surface area contributed by atoms with Crippen LogP contribution in [-0.4, -0.2) is 0 Å². The summed E-state index contributed by atoms with van der Waals surface area (Å²) >= 11 is 0. The summed E-state index contributed by atoms with van der Waals surface area (Å²) in [5.74, 6) is 8.09. The minimum Gasteiger partial charge on any atom is -0.0619 e. The third-order valence-electron chi connectivity index (χ3n) is 40.2. The zero-order valence-corrected chi connectivity index (χ0v) is 74.4. The summed E-state index contributed by atoms with van der Waals surface area (Å²) < 4.78 is 0. The van der Waals surface area contributed by atoms with Gasteiger partial charge in [-0.15, -0.1) is 0 Å². The summed E-state index contributed by atoms with van der Waals surface area (Å²) in [5, 5.41) is 0. The highest BCUT2D eigenvalue weighted by Gasteiger charge is 2.59. The fraction of sp³-hybridized carbons (Fsp3) is 0.771. The van der Waals surface area contributed by atoms with Crippen LogP contribution in [0.25, 0.3) is 22.3 Å². The third-order valence-corrected chi connectivity index (χ3v) is 40.2. The van der Waals surface area contributed by atoms with Gasteiger partial charge in [0.2, 0.25) is 0 Å². The molecule has 0 saturated heterocycles. The fourth-order valence-corrected chi connectivity index (χ4v) is 27.4. The molecule has 0 unspecified atom stereocenters. The van der Waals surface area contributed by atoms with E-state index in [2.05, 4.69) is 291 Å². The summed E-state index contributed by atoms with van der Waals surface area (Å²) in [5.41, 5.74) is 19.8. The first-order valence-electron chi connectivity index (χ1n) is 45.0. The monoisotopic (exact) mass is 1430 g/mol. The Morgan fingerprint density at radius 1 is 0.200 bits per heavy atom. The predicted octanol–water partition coefficient (Wildman–Crippen LogP) is 32.6. The zero-order chi connectivity index (χ0) is 77.1. The van der Waals surface area contributed by atoms with Gasteiger partial charge in [0.05, 0.1) is 0 Å².